The predicted molar refractivity (Wildman–Crippen MR) is 104 cm³/mol. The van der Waals surface area contributed by atoms with Gasteiger partial charge in [0.2, 0.25) is 0 Å². The third-order valence-corrected chi connectivity index (χ3v) is 4.59. The standard InChI is InChI=1S/C21H29N3O/c1-16(22-2)20(23(3)4)18-11-13-19(14-12-18)21(25)24(5)15-17-9-7-6-8-10-17/h6-14,16,20,22H,15H2,1-5H3/t16-,20+/m0/s1. The second-order valence-corrected chi connectivity index (χ2v) is 6.75. The van der Waals surface area contributed by atoms with E-state index in [1.54, 1.807) is 4.90 Å². The smallest absolute Gasteiger partial charge is 0.253 e. The third kappa shape index (κ3) is 4.91. The lowest BCUT2D eigenvalue weighted by Gasteiger charge is -2.30. The largest absolute Gasteiger partial charge is 0.337 e. The van der Waals surface area contributed by atoms with Gasteiger partial charge in [0.05, 0.1) is 0 Å². The molecule has 0 aliphatic heterocycles. The van der Waals surface area contributed by atoms with Gasteiger partial charge in [0.25, 0.3) is 5.91 Å². The van der Waals surface area contributed by atoms with Gasteiger partial charge >= 0.3 is 0 Å². The third-order valence-electron chi connectivity index (χ3n) is 4.59. The summed E-state index contributed by atoms with van der Waals surface area (Å²) in [5, 5.41) is 3.31. The summed E-state index contributed by atoms with van der Waals surface area (Å²) in [6.07, 6.45) is 0. The average molecular weight is 339 g/mol. The number of carbonyl (C=O) groups is 1. The maximum absolute atomic E-state index is 12.7. The highest BCUT2D eigenvalue weighted by atomic mass is 16.2. The van der Waals surface area contributed by atoms with Crippen LogP contribution < -0.4 is 5.32 Å². The first-order valence-corrected chi connectivity index (χ1v) is 8.67. The van der Waals surface area contributed by atoms with Crippen LogP contribution in [-0.2, 0) is 6.54 Å². The molecule has 0 aliphatic rings. The topological polar surface area (TPSA) is 35.6 Å². The van der Waals surface area contributed by atoms with Gasteiger partial charge in [0.1, 0.15) is 0 Å². The Balaban J connectivity index is 2.11. The summed E-state index contributed by atoms with van der Waals surface area (Å²) in [5.74, 6) is 0.0403. The van der Waals surface area contributed by atoms with Crippen LogP contribution in [0, 0.1) is 0 Å². The number of likely N-dealkylation sites (N-methyl/N-ethyl adjacent to an activating group) is 2. The van der Waals surface area contributed by atoms with Gasteiger partial charge in [-0.3, -0.25) is 4.79 Å². The molecule has 2 aromatic rings. The van der Waals surface area contributed by atoms with Gasteiger partial charge in [-0.05, 0) is 51.3 Å². The Morgan fingerprint density at radius 1 is 1.00 bits per heavy atom. The molecule has 134 valence electrons. The van der Waals surface area contributed by atoms with Crippen LogP contribution in [-0.4, -0.2) is 49.9 Å². The average Bonchev–Trinajstić information content (AvgIpc) is 2.62. The van der Waals surface area contributed by atoms with Crippen molar-refractivity contribution >= 4 is 5.91 Å². The first-order valence-electron chi connectivity index (χ1n) is 8.67. The molecular formula is C21H29N3O. The summed E-state index contributed by atoms with van der Waals surface area (Å²) in [5.41, 5.74) is 3.05. The fraction of sp³-hybridized carbons (Fsp3) is 0.381. The SMILES string of the molecule is CN[C@@H](C)[C@H](c1ccc(C(=O)N(C)Cc2ccccc2)cc1)N(C)C. The van der Waals surface area contributed by atoms with Crippen LogP contribution in [0.5, 0.6) is 0 Å². The van der Waals surface area contributed by atoms with E-state index in [2.05, 4.69) is 43.4 Å². The maximum atomic E-state index is 12.7. The molecule has 0 bridgehead atoms. The minimum atomic E-state index is 0.0403. The van der Waals surface area contributed by atoms with Crippen molar-refractivity contribution < 1.29 is 4.79 Å². The van der Waals surface area contributed by atoms with Crippen LogP contribution in [0.2, 0.25) is 0 Å². The second kappa shape index (κ2) is 8.79. The van der Waals surface area contributed by atoms with Crippen molar-refractivity contribution in [3.63, 3.8) is 0 Å². The summed E-state index contributed by atoms with van der Waals surface area (Å²) in [7, 11) is 7.96. The molecule has 0 aliphatic carbocycles. The number of amides is 1. The molecular weight excluding hydrogens is 310 g/mol. The normalized spacial score (nSPS) is 13.5. The van der Waals surface area contributed by atoms with E-state index >= 15 is 0 Å². The fourth-order valence-corrected chi connectivity index (χ4v) is 3.16. The maximum Gasteiger partial charge on any atom is 0.253 e. The quantitative estimate of drug-likeness (QED) is 0.842. The Kier molecular flexibility index (Phi) is 6.73. The van der Waals surface area contributed by atoms with Crippen LogP contribution in [0.4, 0.5) is 0 Å². The van der Waals surface area contributed by atoms with Crippen LogP contribution in [0.1, 0.15) is 34.5 Å². The molecule has 2 atom stereocenters. The van der Waals surface area contributed by atoms with E-state index in [1.807, 2.05) is 56.6 Å². The van der Waals surface area contributed by atoms with Crippen molar-refractivity contribution in [3.8, 4) is 0 Å². The van der Waals surface area contributed by atoms with Crippen molar-refractivity contribution in [1.82, 2.24) is 15.1 Å². The van der Waals surface area contributed by atoms with Crippen molar-refractivity contribution in [2.75, 3.05) is 28.2 Å². The molecule has 2 aromatic carbocycles. The molecule has 1 N–H and O–H groups in total. The fourth-order valence-electron chi connectivity index (χ4n) is 3.16. The van der Waals surface area contributed by atoms with E-state index in [-0.39, 0.29) is 11.9 Å². The van der Waals surface area contributed by atoms with E-state index in [4.69, 9.17) is 0 Å². The lowest BCUT2D eigenvalue weighted by atomic mass is 9.98. The first kappa shape index (κ1) is 19.2. The number of rotatable bonds is 7. The van der Waals surface area contributed by atoms with Gasteiger partial charge < -0.3 is 15.1 Å². The second-order valence-electron chi connectivity index (χ2n) is 6.75. The number of benzene rings is 2. The Bertz CT molecular complexity index is 667. The predicted octanol–water partition coefficient (Wildman–Crippen LogP) is 3.17. The van der Waals surface area contributed by atoms with Crippen molar-refractivity contribution in [3.05, 3.63) is 71.3 Å². The zero-order valence-corrected chi connectivity index (χ0v) is 15.9. The van der Waals surface area contributed by atoms with Gasteiger partial charge in [-0.2, -0.15) is 0 Å². The van der Waals surface area contributed by atoms with Crippen molar-refractivity contribution in [1.29, 1.82) is 0 Å². The molecule has 0 radical (unpaired) electrons. The van der Waals surface area contributed by atoms with E-state index < -0.39 is 0 Å². The molecule has 4 nitrogen and oxygen atoms in total. The van der Waals surface area contributed by atoms with Crippen LogP contribution in [0.3, 0.4) is 0 Å². The number of hydrogen-bond acceptors (Lipinski definition) is 3. The molecule has 0 spiro atoms. The molecule has 0 fully saturated rings. The summed E-state index contributed by atoms with van der Waals surface area (Å²) in [4.78, 5) is 16.6. The lowest BCUT2D eigenvalue weighted by Crippen LogP contribution is -2.37. The number of carbonyl (C=O) groups excluding carboxylic acids is 1. The number of nitrogens with zero attached hydrogens (tertiary/aromatic N) is 2. The summed E-state index contributed by atoms with van der Waals surface area (Å²) in [6.45, 7) is 2.77. The van der Waals surface area contributed by atoms with Crippen LogP contribution >= 0.6 is 0 Å². The molecule has 0 saturated heterocycles. The summed E-state index contributed by atoms with van der Waals surface area (Å²) in [6, 6.07) is 18.6. The van der Waals surface area contributed by atoms with Gasteiger partial charge in [-0.25, -0.2) is 0 Å². The molecule has 0 saturated carbocycles. The highest BCUT2D eigenvalue weighted by Crippen LogP contribution is 2.22. The van der Waals surface area contributed by atoms with Crippen LogP contribution in [0.15, 0.2) is 54.6 Å². The van der Waals surface area contributed by atoms with Crippen molar-refractivity contribution in [2.45, 2.75) is 25.6 Å². The van der Waals surface area contributed by atoms with E-state index in [0.717, 1.165) is 11.1 Å². The zero-order chi connectivity index (χ0) is 18.4. The molecule has 4 heteroatoms. The number of nitrogens with one attached hydrogen (secondary N) is 1. The highest BCUT2D eigenvalue weighted by molar-refractivity contribution is 5.94. The number of hydrogen-bond donors (Lipinski definition) is 1. The Morgan fingerprint density at radius 2 is 1.60 bits per heavy atom. The Labute approximate surface area is 151 Å². The lowest BCUT2D eigenvalue weighted by molar-refractivity contribution is 0.0785. The Hall–Kier alpha value is -2.17. The van der Waals surface area contributed by atoms with E-state index in [1.165, 1.54) is 5.56 Å². The molecule has 0 unspecified atom stereocenters. The summed E-state index contributed by atoms with van der Waals surface area (Å²) < 4.78 is 0. The van der Waals surface area contributed by atoms with Gasteiger partial charge in [-0.15, -0.1) is 0 Å². The molecule has 2 rings (SSSR count). The minimum Gasteiger partial charge on any atom is -0.337 e. The molecule has 1 amide bonds. The molecule has 0 heterocycles. The van der Waals surface area contributed by atoms with Crippen molar-refractivity contribution in [2.24, 2.45) is 0 Å². The van der Waals surface area contributed by atoms with Crippen LogP contribution in [0.25, 0.3) is 0 Å². The first-order chi connectivity index (χ1) is 11.9. The Morgan fingerprint density at radius 3 is 2.12 bits per heavy atom. The molecule has 25 heavy (non-hydrogen) atoms. The summed E-state index contributed by atoms with van der Waals surface area (Å²) >= 11 is 0. The highest BCUT2D eigenvalue weighted by Gasteiger charge is 2.21. The minimum absolute atomic E-state index is 0.0403. The van der Waals surface area contributed by atoms with E-state index in [9.17, 15) is 4.79 Å². The van der Waals surface area contributed by atoms with Gasteiger partial charge in [0.15, 0.2) is 0 Å². The van der Waals surface area contributed by atoms with Gasteiger partial charge in [0, 0.05) is 31.2 Å². The zero-order valence-electron chi connectivity index (χ0n) is 15.9. The van der Waals surface area contributed by atoms with E-state index in [0.29, 0.717) is 12.6 Å². The van der Waals surface area contributed by atoms with Gasteiger partial charge in [-0.1, -0.05) is 42.5 Å². The monoisotopic (exact) mass is 339 g/mol. The molecule has 0 aromatic heterocycles.